The summed E-state index contributed by atoms with van der Waals surface area (Å²) in [5, 5.41) is 0. The van der Waals surface area contributed by atoms with Gasteiger partial charge in [-0.3, -0.25) is 4.79 Å². The molecule has 0 aromatic carbocycles. The van der Waals surface area contributed by atoms with Gasteiger partial charge in [0.05, 0.1) is 5.92 Å². The van der Waals surface area contributed by atoms with Crippen molar-refractivity contribution in [3.63, 3.8) is 0 Å². The highest BCUT2D eigenvalue weighted by Gasteiger charge is 2.28. The molecule has 1 amide bonds. The van der Waals surface area contributed by atoms with E-state index < -0.39 is 0 Å². The number of hydrogen-bond donors (Lipinski definition) is 1. The Kier molecular flexibility index (Phi) is 6.30. The molecule has 0 spiro atoms. The van der Waals surface area contributed by atoms with Crippen molar-refractivity contribution < 1.29 is 4.79 Å². The van der Waals surface area contributed by atoms with Crippen molar-refractivity contribution in [1.82, 2.24) is 9.80 Å². The Labute approximate surface area is 123 Å². The largest absolute Gasteiger partial charge is 0.342 e. The normalized spacial score (nSPS) is 23.2. The van der Waals surface area contributed by atoms with Crippen LogP contribution in [0.25, 0.3) is 0 Å². The molecule has 2 rings (SSSR count). The van der Waals surface area contributed by atoms with Crippen LogP contribution < -0.4 is 5.73 Å². The molecular weight excluding hydrogens is 250 g/mol. The topological polar surface area (TPSA) is 49.6 Å². The zero-order valence-electron chi connectivity index (χ0n) is 13.0. The Morgan fingerprint density at radius 2 is 1.85 bits per heavy atom. The molecule has 0 saturated carbocycles. The van der Waals surface area contributed by atoms with Gasteiger partial charge in [-0.2, -0.15) is 0 Å². The number of carbonyl (C=O) groups excluding carboxylic acids is 1. The SMILES string of the molecule is CCCC(CN)C(=O)N1CCC(CN2CCCC2)CC1. The molecule has 20 heavy (non-hydrogen) atoms. The van der Waals surface area contributed by atoms with Crippen LogP contribution in [0.3, 0.4) is 0 Å². The summed E-state index contributed by atoms with van der Waals surface area (Å²) in [6.45, 7) is 8.32. The van der Waals surface area contributed by atoms with E-state index in [4.69, 9.17) is 5.73 Å². The molecule has 2 N–H and O–H groups in total. The number of likely N-dealkylation sites (tertiary alicyclic amines) is 2. The van der Waals surface area contributed by atoms with Crippen LogP contribution in [0, 0.1) is 11.8 Å². The highest BCUT2D eigenvalue weighted by molar-refractivity contribution is 5.79. The van der Waals surface area contributed by atoms with Crippen LogP contribution >= 0.6 is 0 Å². The van der Waals surface area contributed by atoms with Crippen molar-refractivity contribution >= 4 is 5.91 Å². The van der Waals surface area contributed by atoms with E-state index in [1.165, 1.54) is 45.3 Å². The zero-order chi connectivity index (χ0) is 14.4. The van der Waals surface area contributed by atoms with Crippen molar-refractivity contribution in [3.8, 4) is 0 Å². The lowest BCUT2D eigenvalue weighted by atomic mass is 9.94. The van der Waals surface area contributed by atoms with E-state index in [9.17, 15) is 4.79 Å². The summed E-state index contributed by atoms with van der Waals surface area (Å²) in [6, 6.07) is 0. The smallest absolute Gasteiger partial charge is 0.226 e. The first-order valence-corrected chi connectivity index (χ1v) is 8.45. The lowest BCUT2D eigenvalue weighted by Crippen LogP contribution is -2.45. The summed E-state index contributed by atoms with van der Waals surface area (Å²) in [5.41, 5.74) is 5.75. The summed E-state index contributed by atoms with van der Waals surface area (Å²) in [7, 11) is 0. The summed E-state index contributed by atoms with van der Waals surface area (Å²) >= 11 is 0. The second-order valence-corrected chi connectivity index (χ2v) is 6.50. The van der Waals surface area contributed by atoms with E-state index in [2.05, 4.69) is 16.7 Å². The molecule has 0 bridgehead atoms. The van der Waals surface area contributed by atoms with Crippen LogP contribution in [0.2, 0.25) is 0 Å². The van der Waals surface area contributed by atoms with Crippen LogP contribution in [-0.4, -0.2) is 55.0 Å². The van der Waals surface area contributed by atoms with E-state index in [-0.39, 0.29) is 5.92 Å². The number of nitrogens with two attached hydrogens (primary N) is 1. The first kappa shape index (κ1) is 15.8. The van der Waals surface area contributed by atoms with Crippen LogP contribution in [0.1, 0.15) is 45.4 Å². The Balaban J connectivity index is 1.73. The average Bonchev–Trinajstić information content (AvgIpc) is 2.98. The fourth-order valence-corrected chi connectivity index (χ4v) is 3.62. The van der Waals surface area contributed by atoms with Crippen molar-refractivity contribution in [2.24, 2.45) is 17.6 Å². The average molecular weight is 281 g/mol. The Morgan fingerprint density at radius 1 is 1.20 bits per heavy atom. The zero-order valence-corrected chi connectivity index (χ0v) is 13.0. The van der Waals surface area contributed by atoms with Crippen molar-refractivity contribution in [2.45, 2.75) is 45.4 Å². The van der Waals surface area contributed by atoms with Crippen molar-refractivity contribution in [3.05, 3.63) is 0 Å². The molecule has 2 fully saturated rings. The summed E-state index contributed by atoms with van der Waals surface area (Å²) in [5.74, 6) is 1.14. The van der Waals surface area contributed by atoms with Crippen LogP contribution in [0.5, 0.6) is 0 Å². The molecule has 1 unspecified atom stereocenters. The second kappa shape index (κ2) is 7.99. The molecule has 0 aliphatic carbocycles. The third-order valence-corrected chi connectivity index (χ3v) is 4.91. The predicted octanol–water partition coefficient (Wildman–Crippen LogP) is 1.70. The van der Waals surface area contributed by atoms with Gasteiger partial charge in [0.15, 0.2) is 0 Å². The lowest BCUT2D eigenvalue weighted by Gasteiger charge is -2.35. The molecule has 0 aromatic rings. The van der Waals surface area contributed by atoms with Gasteiger partial charge in [0.1, 0.15) is 0 Å². The van der Waals surface area contributed by atoms with Gasteiger partial charge < -0.3 is 15.5 Å². The van der Waals surface area contributed by atoms with Gasteiger partial charge in [0, 0.05) is 26.2 Å². The second-order valence-electron chi connectivity index (χ2n) is 6.50. The van der Waals surface area contributed by atoms with Gasteiger partial charge in [-0.1, -0.05) is 13.3 Å². The predicted molar refractivity (Wildman–Crippen MR) is 82.4 cm³/mol. The molecule has 4 nitrogen and oxygen atoms in total. The summed E-state index contributed by atoms with van der Waals surface area (Å²) in [4.78, 5) is 17.1. The maximum absolute atomic E-state index is 12.4. The van der Waals surface area contributed by atoms with Gasteiger partial charge in [-0.25, -0.2) is 0 Å². The highest BCUT2D eigenvalue weighted by atomic mass is 16.2. The van der Waals surface area contributed by atoms with Crippen LogP contribution in [0.4, 0.5) is 0 Å². The molecule has 2 aliphatic rings. The van der Waals surface area contributed by atoms with E-state index in [0.29, 0.717) is 12.5 Å². The number of piperidine rings is 1. The molecule has 4 heteroatoms. The Hall–Kier alpha value is -0.610. The minimum absolute atomic E-state index is 0.0510. The fraction of sp³-hybridized carbons (Fsp3) is 0.938. The van der Waals surface area contributed by atoms with Gasteiger partial charge in [0.25, 0.3) is 0 Å². The van der Waals surface area contributed by atoms with E-state index in [0.717, 1.165) is 31.8 Å². The Morgan fingerprint density at radius 3 is 2.40 bits per heavy atom. The molecule has 0 aromatic heterocycles. The maximum atomic E-state index is 12.4. The highest BCUT2D eigenvalue weighted by Crippen LogP contribution is 2.22. The lowest BCUT2D eigenvalue weighted by molar-refractivity contribution is -0.137. The van der Waals surface area contributed by atoms with E-state index >= 15 is 0 Å². The standard InChI is InChI=1S/C16H31N3O/c1-2-5-15(12-17)16(20)19-10-6-14(7-11-19)13-18-8-3-4-9-18/h14-15H,2-13,17H2,1H3. The van der Waals surface area contributed by atoms with Gasteiger partial charge in [-0.05, 0) is 51.1 Å². The number of nitrogens with zero attached hydrogens (tertiary/aromatic N) is 2. The quantitative estimate of drug-likeness (QED) is 0.806. The molecule has 2 heterocycles. The van der Waals surface area contributed by atoms with Gasteiger partial charge >= 0.3 is 0 Å². The first-order chi connectivity index (χ1) is 9.74. The number of hydrogen-bond acceptors (Lipinski definition) is 3. The van der Waals surface area contributed by atoms with E-state index in [1.807, 2.05) is 0 Å². The maximum Gasteiger partial charge on any atom is 0.226 e. The number of rotatable bonds is 6. The van der Waals surface area contributed by atoms with Crippen molar-refractivity contribution in [1.29, 1.82) is 0 Å². The summed E-state index contributed by atoms with van der Waals surface area (Å²) in [6.07, 6.45) is 7.05. The summed E-state index contributed by atoms with van der Waals surface area (Å²) < 4.78 is 0. The molecule has 1 atom stereocenters. The molecular formula is C16H31N3O. The monoisotopic (exact) mass is 281 g/mol. The van der Waals surface area contributed by atoms with Crippen LogP contribution in [-0.2, 0) is 4.79 Å². The van der Waals surface area contributed by atoms with Gasteiger partial charge in [-0.15, -0.1) is 0 Å². The van der Waals surface area contributed by atoms with E-state index in [1.54, 1.807) is 0 Å². The molecule has 0 radical (unpaired) electrons. The number of carbonyl (C=O) groups is 1. The molecule has 2 aliphatic heterocycles. The van der Waals surface area contributed by atoms with Gasteiger partial charge in [0.2, 0.25) is 5.91 Å². The minimum atomic E-state index is 0.0510. The third-order valence-electron chi connectivity index (χ3n) is 4.91. The van der Waals surface area contributed by atoms with Crippen molar-refractivity contribution in [2.75, 3.05) is 39.3 Å². The minimum Gasteiger partial charge on any atom is -0.342 e. The fourth-order valence-electron chi connectivity index (χ4n) is 3.62. The third kappa shape index (κ3) is 4.19. The number of amides is 1. The molecule has 116 valence electrons. The molecule has 2 saturated heterocycles. The Bertz CT molecular complexity index is 294. The first-order valence-electron chi connectivity index (χ1n) is 8.45. The van der Waals surface area contributed by atoms with Crippen LogP contribution in [0.15, 0.2) is 0 Å².